The second-order valence-electron chi connectivity index (χ2n) is 12.3. The SMILES string of the molecule is CCC1C(=O)OCc2c1cc1n(c2=O)Cc2c-1nc1cc(F)c(C)c3c1c2C(N(C)C(=O)C(OCNC(=O)CC[CH2][Pb])C(F)(F)F)CC3. The number of esters is 1. The molecule has 1 N–H and O–H groups in total. The van der Waals surface area contributed by atoms with E-state index >= 15 is 4.39 Å². The Bertz CT molecular complexity index is 1910. The molecule has 4 heterocycles. The number of pyridine rings is 2. The number of rotatable bonds is 9. The predicted molar refractivity (Wildman–Crippen MR) is 166 cm³/mol. The Kier molecular flexibility index (Phi) is 9.43. The second kappa shape index (κ2) is 13.1. The van der Waals surface area contributed by atoms with Crippen LogP contribution in [0.1, 0.15) is 77.9 Å². The molecule has 0 saturated carbocycles. The van der Waals surface area contributed by atoms with Gasteiger partial charge in [0.2, 0.25) is 0 Å². The van der Waals surface area contributed by atoms with Gasteiger partial charge in [-0.1, -0.05) is 6.92 Å². The predicted octanol–water partition coefficient (Wildman–Crippen LogP) is 4.26. The van der Waals surface area contributed by atoms with Gasteiger partial charge in [0.15, 0.2) is 0 Å². The molecule has 2 aromatic heterocycles. The number of alkyl halides is 3. The molecule has 3 aromatic rings. The Balaban J connectivity index is 1.44. The zero-order chi connectivity index (χ0) is 34.7. The number of aromatic nitrogens is 2. The summed E-state index contributed by atoms with van der Waals surface area (Å²) in [6.07, 6.45) is -6.32. The van der Waals surface area contributed by atoms with E-state index in [4.69, 9.17) is 14.5 Å². The summed E-state index contributed by atoms with van der Waals surface area (Å²) in [5.41, 5.74) is 3.53. The van der Waals surface area contributed by atoms with E-state index in [1.807, 2.05) is 0 Å². The summed E-state index contributed by atoms with van der Waals surface area (Å²) >= 11 is 0.897. The number of aryl methyl sites for hydroxylation is 1. The van der Waals surface area contributed by atoms with Crippen LogP contribution in [0, 0.1) is 12.7 Å². The number of carbonyl (C=O) groups excluding carboxylic acids is 3. The molecule has 48 heavy (non-hydrogen) atoms. The monoisotopic (exact) mass is 865 g/mol. The van der Waals surface area contributed by atoms with Crippen LogP contribution in [-0.2, 0) is 43.4 Å². The van der Waals surface area contributed by atoms with Crippen molar-refractivity contribution in [3.05, 3.63) is 61.7 Å². The van der Waals surface area contributed by atoms with Crippen molar-refractivity contribution < 1.29 is 41.4 Å². The maximum absolute atomic E-state index is 15.2. The summed E-state index contributed by atoms with van der Waals surface area (Å²) in [6, 6.07) is 2.09. The average Bonchev–Trinajstić information content (AvgIpc) is 3.41. The fourth-order valence-corrected chi connectivity index (χ4v) is 7.81. The van der Waals surface area contributed by atoms with Crippen molar-refractivity contribution in [1.82, 2.24) is 19.8 Å². The molecule has 253 valence electrons. The molecular formula is C33H33F4N4O6Pb. The first-order chi connectivity index (χ1) is 22.8. The molecule has 3 radical (unpaired) electrons. The van der Waals surface area contributed by atoms with Crippen molar-refractivity contribution >= 4 is 54.5 Å². The molecular weight excluding hydrogens is 832 g/mol. The summed E-state index contributed by atoms with van der Waals surface area (Å²) in [5.74, 6) is -3.42. The Morgan fingerprint density at radius 3 is 2.67 bits per heavy atom. The minimum atomic E-state index is -5.08. The van der Waals surface area contributed by atoms with Crippen molar-refractivity contribution in [3.63, 3.8) is 0 Å². The van der Waals surface area contributed by atoms with E-state index in [-0.39, 0.29) is 43.5 Å². The third-order valence-electron chi connectivity index (χ3n) is 9.60. The van der Waals surface area contributed by atoms with Crippen molar-refractivity contribution in [1.29, 1.82) is 0 Å². The van der Waals surface area contributed by atoms with Crippen LogP contribution < -0.4 is 10.9 Å². The molecule has 1 aromatic carbocycles. The number of cyclic esters (lactones) is 1. The third kappa shape index (κ3) is 5.81. The number of carbonyl (C=O) groups is 3. The molecule has 15 heteroatoms. The first-order valence-corrected chi connectivity index (χ1v) is 18.5. The molecule has 2 amide bonds. The number of fused-ring (bicyclic) bond motifs is 5. The molecule has 1 aliphatic carbocycles. The molecule has 2 aliphatic heterocycles. The molecule has 0 fully saturated rings. The zero-order valence-electron chi connectivity index (χ0n) is 26.6. The molecule has 0 bridgehead atoms. The van der Waals surface area contributed by atoms with Gasteiger partial charge in [0, 0.05) is 17.0 Å². The van der Waals surface area contributed by atoms with Crippen LogP contribution in [0.4, 0.5) is 17.6 Å². The minimum Gasteiger partial charge on any atom is -0.0245 e. The van der Waals surface area contributed by atoms with Gasteiger partial charge < -0.3 is 9.30 Å². The Morgan fingerprint density at radius 1 is 1.23 bits per heavy atom. The van der Waals surface area contributed by atoms with Gasteiger partial charge >= 0.3 is 142 Å². The van der Waals surface area contributed by atoms with Gasteiger partial charge in [0.25, 0.3) is 5.56 Å². The van der Waals surface area contributed by atoms with Crippen molar-refractivity contribution in [2.45, 2.75) is 87.3 Å². The van der Waals surface area contributed by atoms with Gasteiger partial charge in [-0.15, -0.1) is 0 Å². The van der Waals surface area contributed by atoms with Crippen LogP contribution in [0.15, 0.2) is 16.9 Å². The third-order valence-corrected chi connectivity index (χ3v) is 11.0. The van der Waals surface area contributed by atoms with Crippen LogP contribution in [0.25, 0.3) is 22.3 Å². The molecule has 0 saturated heterocycles. The molecule has 3 unspecified atom stereocenters. The zero-order valence-corrected chi connectivity index (χ0v) is 30.4. The van der Waals surface area contributed by atoms with E-state index < -0.39 is 54.6 Å². The summed E-state index contributed by atoms with van der Waals surface area (Å²) in [7, 11) is 1.26. The van der Waals surface area contributed by atoms with Crippen LogP contribution in [0.3, 0.4) is 0 Å². The van der Waals surface area contributed by atoms with E-state index in [0.717, 1.165) is 34.6 Å². The normalized spacial score (nSPS) is 18.5. The smallest absolute Gasteiger partial charge is 0.0245 e. The summed E-state index contributed by atoms with van der Waals surface area (Å²) in [6.45, 7) is 2.46. The average molecular weight is 865 g/mol. The standard InChI is InChI=1S/C33H33F4N4O6.Pb/c1-5-7-25(42)38-14-47-29(33(35,36)37)31(44)40(4)23-9-8-17-15(3)21(34)11-22-26(17)27(23)19-12-41-24(28(19)39-22)10-18-16(6-2)32(45)46-13-20(18)30(41)43;/h10-11,16,23,29H,1,5-9,12-14H2,2-4H3,(H,38,42);. The van der Waals surface area contributed by atoms with E-state index in [2.05, 4.69) is 5.32 Å². The number of amides is 2. The molecule has 3 aliphatic rings. The minimum absolute atomic E-state index is 0.0136. The Hall–Kier alpha value is -3.41. The quantitative estimate of drug-likeness (QED) is 0.116. The van der Waals surface area contributed by atoms with E-state index in [9.17, 15) is 32.3 Å². The summed E-state index contributed by atoms with van der Waals surface area (Å²) < 4.78 is 70.6. The first kappa shape index (κ1) is 34.5. The number of benzene rings is 1. The fraction of sp³-hybridized carbons (Fsp3) is 0.485. The molecule has 10 nitrogen and oxygen atoms in total. The number of ether oxygens (including phenoxy) is 2. The van der Waals surface area contributed by atoms with Gasteiger partial charge in [-0.25, -0.2) is 9.37 Å². The maximum atomic E-state index is 15.2. The molecule has 3 atom stereocenters. The van der Waals surface area contributed by atoms with Crippen LogP contribution in [-0.4, -0.2) is 84.1 Å². The van der Waals surface area contributed by atoms with E-state index in [1.165, 1.54) is 17.7 Å². The number of hydrogen-bond donors (Lipinski definition) is 1. The van der Waals surface area contributed by atoms with Crippen molar-refractivity contribution in [3.8, 4) is 11.4 Å². The Labute approximate surface area is 288 Å². The second-order valence-corrected chi connectivity index (χ2v) is 14.3. The molecule has 0 spiro atoms. The number of likely N-dealkylation sites (N-methyl/N-ethyl adjacent to an activating group) is 1. The van der Waals surface area contributed by atoms with Crippen LogP contribution >= 0.6 is 0 Å². The van der Waals surface area contributed by atoms with E-state index in [0.29, 0.717) is 63.0 Å². The van der Waals surface area contributed by atoms with Crippen LogP contribution in [0.2, 0.25) is 3.98 Å². The molecule has 6 rings (SSSR count). The summed E-state index contributed by atoms with van der Waals surface area (Å²) in [5, 5.41) is 2.83. The Morgan fingerprint density at radius 2 is 1.98 bits per heavy atom. The first-order valence-electron chi connectivity index (χ1n) is 15.7. The number of halogens is 4. The van der Waals surface area contributed by atoms with Gasteiger partial charge in [0.1, 0.15) is 12.4 Å². The van der Waals surface area contributed by atoms with Gasteiger partial charge in [-0.05, 0) is 42.5 Å². The van der Waals surface area contributed by atoms with Crippen molar-refractivity contribution in [2.75, 3.05) is 13.8 Å². The van der Waals surface area contributed by atoms with Gasteiger partial charge in [0.05, 0.1) is 34.9 Å². The van der Waals surface area contributed by atoms with E-state index in [1.54, 1.807) is 19.9 Å². The summed E-state index contributed by atoms with van der Waals surface area (Å²) in [4.78, 5) is 57.8. The number of hydrogen-bond acceptors (Lipinski definition) is 7. The van der Waals surface area contributed by atoms with Crippen molar-refractivity contribution in [2.24, 2.45) is 0 Å². The number of nitrogens with zero attached hydrogens (tertiary/aromatic N) is 3. The number of nitrogens with one attached hydrogen (secondary N) is 1. The van der Waals surface area contributed by atoms with Gasteiger partial charge in [-0.3, -0.25) is 9.59 Å². The van der Waals surface area contributed by atoms with Crippen LogP contribution in [0.5, 0.6) is 0 Å². The fourth-order valence-electron chi connectivity index (χ4n) is 7.13. The topological polar surface area (TPSA) is 120 Å². The van der Waals surface area contributed by atoms with Gasteiger partial charge in [-0.2, -0.15) is 0 Å².